The molecule has 0 aliphatic rings. The molecule has 0 aromatic rings. The van der Waals surface area contributed by atoms with Crippen LogP contribution in [-0.2, 0) is 9.59 Å². The first kappa shape index (κ1) is 5.57. The van der Waals surface area contributed by atoms with Crippen LogP contribution in [0.4, 0.5) is 0 Å². The van der Waals surface area contributed by atoms with Gasteiger partial charge in [-0.1, -0.05) is 13.3 Å². The molecule has 0 aromatic carbocycles. The smallest absolute Gasteiger partial charge is 0.322 e. The lowest BCUT2D eigenvalue weighted by molar-refractivity contribution is -0.137. The summed E-state index contributed by atoms with van der Waals surface area (Å²) in [4.78, 5) is 20.9. The summed E-state index contributed by atoms with van der Waals surface area (Å²) in [7, 11) is 0. The molecule has 0 aromatic heterocycles. The van der Waals surface area contributed by atoms with Crippen molar-refractivity contribution in [3.63, 3.8) is 0 Å². The molecule has 64 valence electrons. The molecule has 0 rings (SSSR count). The van der Waals surface area contributed by atoms with Gasteiger partial charge in [-0.05, 0) is 6.42 Å². The summed E-state index contributed by atoms with van der Waals surface area (Å²) >= 11 is 0. The van der Waals surface area contributed by atoms with Crippen LogP contribution in [0.15, 0.2) is 0 Å². The number of hydrogen-bond acceptors (Lipinski definition) is 2. The molecule has 2 N–H and O–H groups in total. The molecule has 0 aliphatic carbocycles. The van der Waals surface area contributed by atoms with Crippen LogP contribution in [0.1, 0.15) is 30.2 Å². The number of hydrogen-bond donors (Lipinski definition) is 2. The summed E-state index contributed by atoms with van der Waals surface area (Å²) in [6.45, 7) is -2.44. The van der Waals surface area contributed by atoms with Gasteiger partial charge in [-0.15, -0.1) is 0 Å². The predicted molar refractivity (Wildman–Crippen MR) is 40.2 cm³/mol. The van der Waals surface area contributed by atoms with E-state index in [-0.39, 0.29) is 19.3 Å². The summed E-state index contributed by atoms with van der Waals surface area (Å²) in [6.07, 6.45) is 0.251. The van der Waals surface area contributed by atoms with Crippen molar-refractivity contribution in [2.45, 2.75) is 26.1 Å². The van der Waals surface area contributed by atoms with Gasteiger partial charge in [-0.2, -0.15) is 0 Å². The van der Waals surface area contributed by atoms with Crippen molar-refractivity contribution in [3.05, 3.63) is 0 Å². The summed E-state index contributed by atoms with van der Waals surface area (Å²) in [5.41, 5.74) is 0. The Bertz CT molecular complexity index is 215. The van der Waals surface area contributed by atoms with E-state index in [9.17, 15) is 9.59 Å². The topological polar surface area (TPSA) is 66.4 Å². The van der Waals surface area contributed by atoms with E-state index in [1.54, 1.807) is 0 Å². The number of carboxylic acids is 1. The van der Waals surface area contributed by atoms with Gasteiger partial charge in [0.1, 0.15) is 6.54 Å². The van der Waals surface area contributed by atoms with Gasteiger partial charge in [-0.3, -0.25) is 9.59 Å². The molecular formula is C7H13NO3. The van der Waals surface area contributed by atoms with Gasteiger partial charge in [0.05, 0.1) is 0 Å². The Morgan fingerprint density at radius 1 is 1.64 bits per heavy atom. The lowest BCUT2D eigenvalue weighted by atomic mass is 10.2. The highest BCUT2D eigenvalue weighted by molar-refractivity contribution is 5.80. The Kier molecular flexibility index (Phi) is 2.89. The lowest BCUT2D eigenvalue weighted by Gasteiger charge is -1.99. The lowest BCUT2D eigenvalue weighted by Crippen LogP contribution is -2.28. The second kappa shape index (κ2) is 5.70. The summed E-state index contributed by atoms with van der Waals surface area (Å²) in [5.74, 6) is -1.55. The highest BCUT2D eigenvalue weighted by Gasteiger charge is 2.01. The first-order chi connectivity index (χ1) is 6.31. The number of rotatable bonds is 5. The van der Waals surface area contributed by atoms with Crippen LogP contribution in [0.3, 0.4) is 0 Å². The van der Waals surface area contributed by atoms with E-state index in [0.717, 1.165) is 0 Å². The number of carboxylic acid groups (broad SMARTS) is 1. The van der Waals surface area contributed by atoms with Crippen LogP contribution >= 0.6 is 0 Å². The van der Waals surface area contributed by atoms with Gasteiger partial charge in [-0.25, -0.2) is 0 Å². The first-order valence-electron chi connectivity index (χ1n) is 4.80. The van der Waals surface area contributed by atoms with Crippen LogP contribution in [0, 0.1) is 0 Å². The van der Waals surface area contributed by atoms with Crippen molar-refractivity contribution in [1.29, 1.82) is 0 Å². The molecule has 1 amide bonds. The molecule has 0 heterocycles. The predicted octanol–water partition coefficient (Wildman–Crippen LogP) is 0.377. The standard InChI is InChI=1S/C7H13NO3/c1-2-3-4-6(9)8-5-7(10)11/h2-5H2,1H3,(H,8,9)(H,10,11)/i1D3. The van der Waals surface area contributed by atoms with Crippen molar-refractivity contribution in [2.75, 3.05) is 6.54 Å². The summed E-state index contributed by atoms with van der Waals surface area (Å²) in [6, 6.07) is 0. The number of amides is 1. The van der Waals surface area contributed by atoms with E-state index in [1.165, 1.54) is 0 Å². The third kappa shape index (κ3) is 6.83. The average molecular weight is 162 g/mol. The van der Waals surface area contributed by atoms with Gasteiger partial charge in [0.25, 0.3) is 0 Å². The Morgan fingerprint density at radius 3 is 2.91 bits per heavy atom. The molecule has 0 saturated heterocycles. The minimum atomic E-state index is -2.02. The SMILES string of the molecule is [2H]C([2H])([2H])CCCC(=O)NCC(=O)O. The zero-order chi connectivity index (χ0) is 11.2. The van der Waals surface area contributed by atoms with Gasteiger partial charge >= 0.3 is 5.97 Å². The van der Waals surface area contributed by atoms with Gasteiger partial charge in [0.15, 0.2) is 0 Å². The number of aliphatic carboxylic acids is 1. The van der Waals surface area contributed by atoms with Gasteiger partial charge in [0, 0.05) is 10.5 Å². The fourth-order valence-electron chi connectivity index (χ4n) is 0.512. The molecule has 0 atom stereocenters. The molecule has 4 heteroatoms. The van der Waals surface area contributed by atoms with E-state index in [2.05, 4.69) is 5.32 Å². The zero-order valence-corrected chi connectivity index (χ0v) is 6.09. The van der Waals surface area contributed by atoms with Crippen molar-refractivity contribution in [2.24, 2.45) is 0 Å². The largest absolute Gasteiger partial charge is 0.480 e. The maximum atomic E-state index is 10.9. The van der Waals surface area contributed by atoms with Crippen LogP contribution < -0.4 is 5.32 Å². The van der Waals surface area contributed by atoms with Crippen molar-refractivity contribution in [1.82, 2.24) is 5.32 Å². The highest BCUT2D eigenvalue weighted by Crippen LogP contribution is 1.92. The number of carbonyl (C=O) groups is 2. The Hall–Kier alpha value is -1.06. The Morgan fingerprint density at radius 2 is 2.36 bits per heavy atom. The van der Waals surface area contributed by atoms with Crippen LogP contribution in [0.5, 0.6) is 0 Å². The van der Waals surface area contributed by atoms with E-state index in [4.69, 9.17) is 9.22 Å². The maximum Gasteiger partial charge on any atom is 0.322 e. The minimum Gasteiger partial charge on any atom is -0.480 e. The van der Waals surface area contributed by atoms with Gasteiger partial charge in [0.2, 0.25) is 5.91 Å². The minimum absolute atomic E-state index is 0.0342. The van der Waals surface area contributed by atoms with E-state index in [1.807, 2.05) is 0 Å². The Labute approximate surface area is 69.8 Å². The third-order valence-electron chi connectivity index (χ3n) is 1.02. The maximum absolute atomic E-state index is 10.9. The van der Waals surface area contributed by atoms with E-state index < -0.39 is 25.3 Å². The molecule has 0 saturated carbocycles. The molecule has 0 unspecified atom stereocenters. The molecule has 0 fully saturated rings. The highest BCUT2D eigenvalue weighted by atomic mass is 16.4. The second-order valence-electron chi connectivity index (χ2n) is 2.02. The summed E-state index contributed by atoms with van der Waals surface area (Å²) in [5, 5.41) is 10.4. The fraction of sp³-hybridized carbons (Fsp3) is 0.714. The first-order valence-corrected chi connectivity index (χ1v) is 3.30. The number of carbonyl (C=O) groups excluding carboxylic acids is 1. The third-order valence-corrected chi connectivity index (χ3v) is 1.02. The van der Waals surface area contributed by atoms with Crippen molar-refractivity contribution in [3.8, 4) is 0 Å². The van der Waals surface area contributed by atoms with E-state index in [0.29, 0.717) is 0 Å². The second-order valence-corrected chi connectivity index (χ2v) is 2.02. The molecule has 4 nitrogen and oxygen atoms in total. The van der Waals surface area contributed by atoms with Crippen molar-refractivity contribution >= 4 is 11.9 Å². The van der Waals surface area contributed by atoms with Crippen molar-refractivity contribution < 1.29 is 18.8 Å². The van der Waals surface area contributed by atoms with Crippen LogP contribution in [-0.4, -0.2) is 23.5 Å². The molecule has 0 spiro atoms. The fourth-order valence-corrected chi connectivity index (χ4v) is 0.512. The normalized spacial score (nSPS) is 14.4. The van der Waals surface area contributed by atoms with Crippen LogP contribution in [0.25, 0.3) is 0 Å². The molecular weight excluding hydrogens is 146 g/mol. The van der Waals surface area contributed by atoms with Gasteiger partial charge < -0.3 is 10.4 Å². The van der Waals surface area contributed by atoms with E-state index >= 15 is 0 Å². The molecule has 0 radical (unpaired) electrons. The monoisotopic (exact) mass is 162 g/mol. The van der Waals surface area contributed by atoms with Crippen LogP contribution in [0.2, 0.25) is 0 Å². The molecule has 0 bridgehead atoms. The number of nitrogens with one attached hydrogen (secondary N) is 1. The molecule has 0 aliphatic heterocycles. The average Bonchev–Trinajstić information content (AvgIpc) is 1.98. The quantitative estimate of drug-likeness (QED) is 0.614. The summed E-state index contributed by atoms with van der Waals surface area (Å²) < 4.78 is 20.6. The molecule has 11 heavy (non-hydrogen) atoms. The zero-order valence-electron chi connectivity index (χ0n) is 9.09. The Balaban J connectivity index is 3.50.